The molecule has 21 heavy (non-hydrogen) atoms. The first-order valence-corrected chi connectivity index (χ1v) is 6.12. The van der Waals surface area contributed by atoms with E-state index in [-0.39, 0.29) is 11.4 Å². The zero-order valence-corrected chi connectivity index (χ0v) is 11.0. The van der Waals surface area contributed by atoms with Gasteiger partial charge in [-0.2, -0.15) is 0 Å². The molecule has 3 aromatic rings. The lowest BCUT2D eigenvalue weighted by atomic mass is 10.1. The van der Waals surface area contributed by atoms with E-state index in [1.54, 1.807) is 31.2 Å². The number of nitrogens with zero attached hydrogens (tertiary/aromatic N) is 2. The number of benzene rings is 1. The van der Waals surface area contributed by atoms with Gasteiger partial charge in [-0.25, -0.2) is 0 Å². The quantitative estimate of drug-likeness (QED) is 0.767. The molecule has 3 rings (SSSR count). The lowest BCUT2D eigenvalue weighted by Gasteiger charge is -1.95. The van der Waals surface area contributed by atoms with Gasteiger partial charge in [-0.1, -0.05) is 22.4 Å². The molecule has 106 valence electrons. The minimum atomic E-state index is -0.460. The summed E-state index contributed by atoms with van der Waals surface area (Å²) in [5, 5.41) is 19.3. The van der Waals surface area contributed by atoms with Crippen LogP contribution in [0, 0.1) is 6.92 Å². The molecule has 2 N–H and O–H groups in total. The van der Waals surface area contributed by atoms with Crippen LogP contribution in [0.15, 0.2) is 45.4 Å². The summed E-state index contributed by atoms with van der Waals surface area (Å²) in [6, 6.07) is 9.54. The molecule has 0 aliphatic heterocycles. The van der Waals surface area contributed by atoms with E-state index < -0.39 is 5.91 Å². The van der Waals surface area contributed by atoms with Crippen LogP contribution in [-0.2, 0) is 0 Å². The fourth-order valence-electron chi connectivity index (χ4n) is 1.78. The SMILES string of the molecule is Cc1cc(NC(=O)c2cc(-c3cccc(O)c3)on2)no1. The van der Waals surface area contributed by atoms with Crippen molar-refractivity contribution in [2.45, 2.75) is 6.92 Å². The molecule has 1 aromatic carbocycles. The summed E-state index contributed by atoms with van der Waals surface area (Å²) in [4.78, 5) is 12.0. The number of rotatable bonds is 3. The molecule has 0 bridgehead atoms. The molecule has 0 atom stereocenters. The average Bonchev–Trinajstić information content (AvgIpc) is 3.08. The fourth-order valence-corrected chi connectivity index (χ4v) is 1.78. The minimum absolute atomic E-state index is 0.105. The van der Waals surface area contributed by atoms with Crippen molar-refractivity contribution >= 4 is 11.7 Å². The van der Waals surface area contributed by atoms with E-state index in [1.807, 2.05) is 0 Å². The van der Waals surface area contributed by atoms with Gasteiger partial charge >= 0.3 is 0 Å². The number of anilines is 1. The molecule has 2 aromatic heterocycles. The number of nitrogens with one attached hydrogen (secondary N) is 1. The number of phenolic OH excluding ortho intramolecular Hbond substituents is 1. The molecular weight excluding hydrogens is 274 g/mol. The molecule has 0 saturated heterocycles. The lowest BCUT2D eigenvalue weighted by Crippen LogP contribution is -2.12. The number of hydrogen-bond acceptors (Lipinski definition) is 6. The Bertz CT molecular complexity index is 791. The third-order valence-corrected chi connectivity index (χ3v) is 2.74. The van der Waals surface area contributed by atoms with Crippen LogP contribution in [0.1, 0.15) is 16.2 Å². The number of aromatic hydroxyl groups is 1. The standard InChI is InChI=1S/C14H11N3O4/c1-8-5-13(17-20-8)15-14(19)11-7-12(21-16-11)9-3-2-4-10(18)6-9/h2-7,18H,1H3,(H,15,17,19). The van der Waals surface area contributed by atoms with Crippen molar-refractivity contribution in [2.24, 2.45) is 0 Å². The van der Waals surface area contributed by atoms with Crippen LogP contribution in [0.3, 0.4) is 0 Å². The largest absolute Gasteiger partial charge is 0.508 e. The molecule has 0 saturated carbocycles. The van der Waals surface area contributed by atoms with Crippen LogP contribution in [-0.4, -0.2) is 21.3 Å². The summed E-state index contributed by atoms with van der Waals surface area (Å²) >= 11 is 0. The maximum Gasteiger partial charge on any atom is 0.279 e. The van der Waals surface area contributed by atoms with Crippen LogP contribution in [0.4, 0.5) is 5.82 Å². The van der Waals surface area contributed by atoms with Gasteiger partial charge in [-0.15, -0.1) is 0 Å². The Morgan fingerprint density at radius 1 is 1.19 bits per heavy atom. The van der Waals surface area contributed by atoms with Gasteiger partial charge in [0, 0.05) is 17.7 Å². The second-order valence-electron chi connectivity index (χ2n) is 4.40. The monoisotopic (exact) mass is 285 g/mol. The Hall–Kier alpha value is -3.09. The summed E-state index contributed by atoms with van der Waals surface area (Å²) in [7, 11) is 0. The third-order valence-electron chi connectivity index (χ3n) is 2.74. The van der Waals surface area contributed by atoms with Crippen molar-refractivity contribution in [3.63, 3.8) is 0 Å². The van der Waals surface area contributed by atoms with Crippen LogP contribution >= 0.6 is 0 Å². The number of aromatic nitrogens is 2. The van der Waals surface area contributed by atoms with Gasteiger partial charge in [0.25, 0.3) is 5.91 Å². The van der Waals surface area contributed by atoms with E-state index in [4.69, 9.17) is 9.05 Å². The average molecular weight is 285 g/mol. The van der Waals surface area contributed by atoms with Gasteiger partial charge in [0.1, 0.15) is 11.5 Å². The lowest BCUT2D eigenvalue weighted by molar-refractivity contribution is 0.101. The van der Waals surface area contributed by atoms with Crippen molar-refractivity contribution in [3.8, 4) is 17.1 Å². The zero-order chi connectivity index (χ0) is 14.8. The number of amides is 1. The highest BCUT2D eigenvalue weighted by atomic mass is 16.5. The second kappa shape index (κ2) is 5.12. The Balaban J connectivity index is 1.80. The second-order valence-corrected chi connectivity index (χ2v) is 4.40. The Labute approximate surface area is 119 Å². The van der Waals surface area contributed by atoms with Gasteiger partial charge in [-0.05, 0) is 19.1 Å². The van der Waals surface area contributed by atoms with Gasteiger partial charge < -0.3 is 19.5 Å². The fraction of sp³-hybridized carbons (Fsp3) is 0.0714. The van der Waals surface area contributed by atoms with Gasteiger partial charge in [0.05, 0.1) is 0 Å². The number of hydrogen-bond donors (Lipinski definition) is 2. The van der Waals surface area contributed by atoms with Gasteiger partial charge in [0.15, 0.2) is 17.3 Å². The highest BCUT2D eigenvalue weighted by Crippen LogP contribution is 2.24. The van der Waals surface area contributed by atoms with E-state index in [2.05, 4.69) is 15.6 Å². The molecule has 2 heterocycles. The Morgan fingerprint density at radius 2 is 2.05 bits per heavy atom. The molecule has 0 aliphatic rings. The normalized spacial score (nSPS) is 10.5. The molecule has 7 heteroatoms. The van der Waals surface area contributed by atoms with E-state index >= 15 is 0 Å². The third kappa shape index (κ3) is 2.76. The zero-order valence-electron chi connectivity index (χ0n) is 11.0. The maximum absolute atomic E-state index is 12.0. The highest BCUT2D eigenvalue weighted by molar-refractivity contribution is 6.02. The van der Waals surface area contributed by atoms with Crippen molar-refractivity contribution in [1.82, 2.24) is 10.3 Å². The molecule has 0 radical (unpaired) electrons. The van der Waals surface area contributed by atoms with Crippen molar-refractivity contribution in [1.29, 1.82) is 0 Å². The molecule has 0 spiro atoms. The Kier molecular flexibility index (Phi) is 3.15. The first-order valence-electron chi connectivity index (χ1n) is 6.12. The number of aryl methyl sites for hydroxylation is 1. The molecule has 1 amide bonds. The molecule has 0 unspecified atom stereocenters. The van der Waals surface area contributed by atoms with E-state index in [1.165, 1.54) is 12.1 Å². The summed E-state index contributed by atoms with van der Waals surface area (Å²) in [6.45, 7) is 1.72. The topological polar surface area (TPSA) is 101 Å². The molecular formula is C14H11N3O4. The maximum atomic E-state index is 12.0. The Morgan fingerprint density at radius 3 is 2.76 bits per heavy atom. The van der Waals surface area contributed by atoms with Gasteiger partial charge in [-0.3, -0.25) is 4.79 Å². The molecule has 0 aliphatic carbocycles. The minimum Gasteiger partial charge on any atom is -0.508 e. The number of carbonyl (C=O) groups excluding carboxylic acids is 1. The highest BCUT2D eigenvalue weighted by Gasteiger charge is 2.15. The molecule has 7 nitrogen and oxygen atoms in total. The predicted octanol–water partition coefficient (Wildman–Crippen LogP) is 2.60. The van der Waals surface area contributed by atoms with Crippen LogP contribution in [0.2, 0.25) is 0 Å². The van der Waals surface area contributed by atoms with E-state index in [0.717, 1.165) is 0 Å². The summed E-state index contributed by atoms with van der Waals surface area (Å²) in [5.74, 6) is 0.920. The number of carbonyl (C=O) groups is 1. The van der Waals surface area contributed by atoms with E-state index in [9.17, 15) is 9.90 Å². The summed E-state index contributed by atoms with van der Waals surface area (Å²) in [6.07, 6.45) is 0. The smallest absolute Gasteiger partial charge is 0.279 e. The summed E-state index contributed by atoms with van der Waals surface area (Å²) < 4.78 is 9.96. The van der Waals surface area contributed by atoms with Crippen molar-refractivity contribution in [3.05, 3.63) is 47.9 Å². The van der Waals surface area contributed by atoms with E-state index in [0.29, 0.717) is 22.9 Å². The first kappa shape index (κ1) is 12.9. The van der Waals surface area contributed by atoms with Crippen LogP contribution < -0.4 is 5.32 Å². The van der Waals surface area contributed by atoms with Crippen LogP contribution in [0.5, 0.6) is 5.75 Å². The van der Waals surface area contributed by atoms with Crippen LogP contribution in [0.25, 0.3) is 11.3 Å². The first-order chi connectivity index (χ1) is 10.1. The predicted molar refractivity (Wildman–Crippen MR) is 72.8 cm³/mol. The number of phenols is 1. The van der Waals surface area contributed by atoms with Crippen molar-refractivity contribution < 1.29 is 18.9 Å². The van der Waals surface area contributed by atoms with Crippen molar-refractivity contribution in [2.75, 3.05) is 5.32 Å². The van der Waals surface area contributed by atoms with Gasteiger partial charge in [0.2, 0.25) is 0 Å². The summed E-state index contributed by atoms with van der Waals surface area (Å²) in [5.41, 5.74) is 0.729. The molecule has 0 fully saturated rings.